The van der Waals surface area contributed by atoms with Crippen LogP contribution in [0.4, 0.5) is 5.69 Å². The molecule has 1 aliphatic heterocycles. The van der Waals surface area contributed by atoms with Crippen molar-refractivity contribution in [1.82, 2.24) is 5.01 Å². The monoisotopic (exact) mass is 233 g/mol. The summed E-state index contributed by atoms with van der Waals surface area (Å²) in [5.41, 5.74) is 6.58. The number of hydrazine groups is 1. The maximum Gasteiger partial charge on any atom is 0.242 e. The maximum absolute atomic E-state index is 11.9. The van der Waals surface area contributed by atoms with Crippen LogP contribution in [0.3, 0.4) is 0 Å². The lowest BCUT2D eigenvalue weighted by atomic mass is 10.2. The van der Waals surface area contributed by atoms with E-state index in [-0.39, 0.29) is 5.91 Å². The van der Waals surface area contributed by atoms with Crippen LogP contribution in [0.2, 0.25) is 0 Å². The van der Waals surface area contributed by atoms with E-state index in [2.05, 4.69) is 11.9 Å². The van der Waals surface area contributed by atoms with Gasteiger partial charge in [-0.1, -0.05) is 25.1 Å². The van der Waals surface area contributed by atoms with Crippen molar-refractivity contribution >= 4 is 11.6 Å². The Balaban J connectivity index is 2.15. The molecule has 0 radical (unpaired) electrons. The van der Waals surface area contributed by atoms with E-state index >= 15 is 0 Å². The summed E-state index contributed by atoms with van der Waals surface area (Å²) in [6.45, 7) is 4.37. The molecule has 2 rings (SSSR count). The van der Waals surface area contributed by atoms with Crippen molar-refractivity contribution in [3.63, 3.8) is 0 Å². The van der Waals surface area contributed by atoms with Gasteiger partial charge in [0.25, 0.3) is 0 Å². The Hall–Kier alpha value is -1.39. The summed E-state index contributed by atoms with van der Waals surface area (Å²) in [6, 6.07) is 9.78. The molecule has 1 amide bonds. The van der Waals surface area contributed by atoms with Gasteiger partial charge in [-0.3, -0.25) is 4.79 Å². The van der Waals surface area contributed by atoms with Crippen LogP contribution in [0.1, 0.15) is 13.3 Å². The van der Waals surface area contributed by atoms with E-state index in [4.69, 9.17) is 5.73 Å². The molecule has 4 nitrogen and oxygen atoms in total. The van der Waals surface area contributed by atoms with Crippen LogP contribution < -0.4 is 10.7 Å². The molecule has 1 heterocycles. The van der Waals surface area contributed by atoms with Gasteiger partial charge in [0.2, 0.25) is 5.91 Å². The lowest BCUT2D eigenvalue weighted by Crippen LogP contribution is -2.42. The summed E-state index contributed by atoms with van der Waals surface area (Å²) in [5.74, 6) is 0.563. The van der Waals surface area contributed by atoms with E-state index in [1.165, 1.54) is 0 Å². The zero-order chi connectivity index (χ0) is 12.3. The number of hydrogen-bond acceptors (Lipinski definition) is 3. The van der Waals surface area contributed by atoms with Crippen molar-refractivity contribution in [2.75, 3.05) is 24.6 Å². The van der Waals surface area contributed by atoms with Gasteiger partial charge in [-0.2, -0.15) is 0 Å². The van der Waals surface area contributed by atoms with Gasteiger partial charge in [0.15, 0.2) is 0 Å². The third kappa shape index (κ3) is 2.65. The Labute approximate surface area is 102 Å². The Bertz CT molecular complexity index is 380. The van der Waals surface area contributed by atoms with Crippen molar-refractivity contribution in [3.05, 3.63) is 30.3 Å². The molecular weight excluding hydrogens is 214 g/mol. The number of carbonyl (C=O) groups excluding carboxylic acids is 1. The van der Waals surface area contributed by atoms with Gasteiger partial charge in [-0.05, 0) is 24.6 Å². The van der Waals surface area contributed by atoms with E-state index < -0.39 is 0 Å². The van der Waals surface area contributed by atoms with Crippen LogP contribution in [-0.2, 0) is 4.79 Å². The molecule has 0 saturated carbocycles. The lowest BCUT2D eigenvalue weighted by Gasteiger charge is -2.29. The van der Waals surface area contributed by atoms with Gasteiger partial charge in [0.05, 0.1) is 5.69 Å². The predicted molar refractivity (Wildman–Crippen MR) is 68.3 cm³/mol. The van der Waals surface area contributed by atoms with Gasteiger partial charge in [-0.25, -0.2) is 10.0 Å². The number of rotatable bonds is 4. The van der Waals surface area contributed by atoms with Crippen molar-refractivity contribution in [3.8, 4) is 0 Å². The third-order valence-corrected chi connectivity index (χ3v) is 3.03. The minimum absolute atomic E-state index is 0.167. The average Bonchev–Trinajstić information content (AvgIpc) is 2.71. The second kappa shape index (κ2) is 5.29. The molecule has 0 aromatic heterocycles. The van der Waals surface area contributed by atoms with E-state index in [0.29, 0.717) is 18.9 Å². The first-order valence-electron chi connectivity index (χ1n) is 6.05. The highest BCUT2D eigenvalue weighted by Gasteiger charge is 2.30. The fourth-order valence-electron chi connectivity index (χ4n) is 2.07. The number of amides is 1. The van der Waals surface area contributed by atoms with Crippen LogP contribution in [0.25, 0.3) is 0 Å². The van der Waals surface area contributed by atoms with Crippen LogP contribution in [0, 0.1) is 5.92 Å². The molecule has 1 saturated heterocycles. The molecular formula is C13H19N3O. The fourth-order valence-corrected chi connectivity index (χ4v) is 2.07. The van der Waals surface area contributed by atoms with Crippen molar-refractivity contribution in [1.29, 1.82) is 0 Å². The van der Waals surface area contributed by atoms with Crippen LogP contribution >= 0.6 is 0 Å². The zero-order valence-corrected chi connectivity index (χ0v) is 10.2. The van der Waals surface area contributed by atoms with Crippen molar-refractivity contribution in [2.24, 2.45) is 11.7 Å². The topological polar surface area (TPSA) is 49.6 Å². The first kappa shape index (κ1) is 12.1. The van der Waals surface area contributed by atoms with E-state index in [9.17, 15) is 4.79 Å². The Morgan fingerprint density at radius 2 is 2.06 bits per heavy atom. The maximum atomic E-state index is 11.9. The largest absolute Gasteiger partial charge is 0.330 e. The fraction of sp³-hybridized carbons (Fsp3) is 0.462. The van der Waals surface area contributed by atoms with E-state index in [0.717, 1.165) is 18.8 Å². The number of benzene rings is 1. The Morgan fingerprint density at radius 1 is 1.35 bits per heavy atom. The molecule has 0 spiro atoms. The summed E-state index contributed by atoms with van der Waals surface area (Å²) >= 11 is 0. The van der Waals surface area contributed by atoms with Gasteiger partial charge < -0.3 is 5.73 Å². The number of nitrogens with zero attached hydrogens (tertiary/aromatic N) is 2. The number of para-hydroxylation sites is 1. The SMILES string of the molecule is CC(CN)CN1CCC(=O)N1c1ccccc1. The Morgan fingerprint density at radius 3 is 2.71 bits per heavy atom. The minimum atomic E-state index is 0.167. The van der Waals surface area contributed by atoms with Gasteiger partial charge in [0, 0.05) is 19.5 Å². The molecule has 1 aromatic carbocycles. The molecule has 1 atom stereocenters. The molecule has 2 N–H and O–H groups in total. The lowest BCUT2D eigenvalue weighted by molar-refractivity contribution is -0.118. The highest BCUT2D eigenvalue weighted by atomic mass is 16.2. The molecule has 17 heavy (non-hydrogen) atoms. The third-order valence-electron chi connectivity index (χ3n) is 3.03. The van der Waals surface area contributed by atoms with Crippen molar-refractivity contribution < 1.29 is 4.79 Å². The standard InChI is InChI=1S/C13H19N3O/c1-11(9-14)10-15-8-7-13(17)16(15)12-5-3-2-4-6-12/h2-6,11H,7-10,14H2,1H3. The molecule has 1 fully saturated rings. The van der Waals surface area contributed by atoms with Gasteiger partial charge in [0.1, 0.15) is 0 Å². The number of hydrogen-bond donors (Lipinski definition) is 1. The predicted octanol–water partition coefficient (Wildman–Crippen LogP) is 1.24. The molecule has 0 aliphatic carbocycles. The van der Waals surface area contributed by atoms with Crippen LogP contribution in [0.15, 0.2) is 30.3 Å². The zero-order valence-electron chi connectivity index (χ0n) is 10.2. The molecule has 0 bridgehead atoms. The number of nitrogens with two attached hydrogens (primary N) is 1. The second-order valence-corrected chi connectivity index (χ2v) is 4.54. The minimum Gasteiger partial charge on any atom is -0.330 e. The summed E-state index contributed by atoms with van der Waals surface area (Å²) in [5, 5.41) is 3.88. The average molecular weight is 233 g/mol. The molecule has 1 unspecified atom stereocenters. The van der Waals surface area contributed by atoms with E-state index in [1.54, 1.807) is 5.01 Å². The Kier molecular flexibility index (Phi) is 3.76. The first-order valence-corrected chi connectivity index (χ1v) is 6.05. The summed E-state index contributed by atoms with van der Waals surface area (Å²) < 4.78 is 0. The molecule has 4 heteroatoms. The molecule has 92 valence electrons. The van der Waals surface area contributed by atoms with E-state index in [1.807, 2.05) is 30.3 Å². The summed E-state index contributed by atoms with van der Waals surface area (Å²) in [4.78, 5) is 11.9. The first-order chi connectivity index (χ1) is 8.22. The van der Waals surface area contributed by atoms with Crippen LogP contribution in [-0.4, -0.2) is 30.6 Å². The smallest absolute Gasteiger partial charge is 0.242 e. The van der Waals surface area contributed by atoms with Gasteiger partial charge >= 0.3 is 0 Å². The summed E-state index contributed by atoms with van der Waals surface area (Å²) in [7, 11) is 0. The highest BCUT2D eigenvalue weighted by molar-refractivity contribution is 5.94. The molecule has 1 aliphatic rings. The highest BCUT2D eigenvalue weighted by Crippen LogP contribution is 2.22. The van der Waals surface area contributed by atoms with Crippen molar-refractivity contribution in [2.45, 2.75) is 13.3 Å². The normalized spacial score (nSPS) is 18.7. The summed E-state index contributed by atoms with van der Waals surface area (Å²) in [6.07, 6.45) is 0.589. The number of carbonyl (C=O) groups is 1. The van der Waals surface area contributed by atoms with Gasteiger partial charge in [-0.15, -0.1) is 0 Å². The second-order valence-electron chi connectivity index (χ2n) is 4.54. The number of anilines is 1. The molecule has 1 aromatic rings. The van der Waals surface area contributed by atoms with Crippen LogP contribution in [0.5, 0.6) is 0 Å². The quantitative estimate of drug-likeness (QED) is 0.851.